The quantitative estimate of drug-likeness (QED) is 0.289. The molecule has 0 aromatic carbocycles. The first kappa shape index (κ1) is 29.2. The standard InChI is InChI=1S/C28H33ClO10/c1-13-9-18-19-11-21(37-14(2)30)20-10-17(33)7-8-25(20,5)27(19,29)22(34)12-26(18,6)28(13,36)23(35)24(38-15(3)31)39-16(4)32/h7-8,10-11,13,18-19,22,24,34,36H,9,12H2,1-6H3/t13-,18-,19-,22-,25-,26-,27-,28-/m0/s1. The third-order valence-electron chi connectivity index (χ3n) is 9.24. The first-order valence-corrected chi connectivity index (χ1v) is 13.1. The fourth-order valence-corrected chi connectivity index (χ4v) is 7.93. The smallest absolute Gasteiger partial charge is 0.309 e. The number of aliphatic hydroxyl groups is 2. The highest BCUT2D eigenvalue weighted by atomic mass is 35.5. The Morgan fingerprint density at radius 1 is 1.08 bits per heavy atom. The van der Waals surface area contributed by atoms with Crippen molar-refractivity contribution >= 4 is 41.1 Å². The van der Waals surface area contributed by atoms with Gasteiger partial charge in [-0.15, -0.1) is 11.6 Å². The summed E-state index contributed by atoms with van der Waals surface area (Å²) in [6.45, 7) is 8.34. The molecule has 0 saturated heterocycles. The third kappa shape index (κ3) is 4.02. The summed E-state index contributed by atoms with van der Waals surface area (Å²) >= 11 is 7.40. The number of alkyl halides is 1. The minimum atomic E-state index is -2.20. The molecule has 0 bridgehead atoms. The Balaban J connectivity index is 1.88. The molecule has 0 unspecified atom stereocenters. The minimum absolute atomic E-state index is 0.118. The summed E-state index contributed by atoms with van der Waals surface area (Å²) in [6.07, 6.45) is 2.67. The molecule has 8 atom stereocenters. The van der Waals surface area contributed by atoms with E-state index >= 15 is 0 Å². The van der Waals surface area contributed by atoms with E-state index in [1.807, 2.05) is 0 Å². The fourth-order valence-electron chi connectivity index (χ4n) is 7.48. The largest absolute Gasteiger partial charge is 0.427 e. The zero-order chi connectivity index (χ0) is 29.3. The summed E-state index contributed by atoms with van der Waals surface area (Å²) < 4.78 is 15.5. The van der Waals surface area contributed by atoms with E-state index in [0.717, 1.165) is 13.8 Å². The van der Waals surface area contributed by atoms with Gasteiger partial charge in [-0.3, -0.25) is 24.0 Å². The first-order valence-electron chi connectivity index (χ1n) is 12.8. The molecule has 0 aromatic heterocycles. The van der Waals surface area contributed by atoms with E-state index in [-0.39, 0.29) is 24.4 Å². The van der Waals surface area contributed by atoms with E-state index in [9.17, 15) is 34.2 Å². The van der Waals surface area contributed by atoms with Crippen molar-refractivity contribution < 1.29 is 48.4 Å². The summed E-state index contributed by atoms with van der Waals surface area (Å²) in [5.41, 5.74) is -4.34. The van der Waals surface area contributed by atoms with Crippen LogP contribution < -0.4 is 0 Å². The van der Waals surface area contributed by atoms with Crippen LogP contribution in [-0.2, 0) is 38.2 Å². The summed E-state index contributed by atoms with van der Waals surface area (Å²) in [4.78, 5) is 60.1. The van der Waals surface area contributed by atoms with E-state index < -0.39 is 75.1 Å². The number of ether oxygens (including phenoxy) is 3. The maximum absolute atomic E-state index is 13.8. The topological polar surface area (TPSA) is 154 Å². The zero-order valence-electron chi connectivity index (χ0n) is 22.6. The van der Waals surface area contributed by atoms with Gasteiger partial charge >= 0.3 is 24.2 Å². The highest BCUT2D eigenvalue weighted by molar-refractivity contribution is 6.26. The van der Waals surface area contributed by atoms with E-state index in [1.165, 1.54) is 19.1 Å². The van der Waals surface area contributed by atoms with Crippen molar-refractivity contribution in [2.45, 2.75) is 77.3 Å². The molecular weight excluding hydrogens is 532 g/mol. The average molecular weight is 565 g/mol. The van der Waals surface area contributed by atoms with Gasteiger partial charge in [-0.1, -0.05) is 26.8 Å². The predicted molar refractivity (Wildman–Crippen MR) is 136 cm³/mol. The van der Waals surface area contributed by atoms with Gasteiger partial charge in [-0.2, -0.15) is 0 Å². The maximum Gasteiger partial charge on any atom is 0.309 e. The average Bonchev–Trinajstić information content (AvgIpc) is 3.01. The lowest BCUT2D eigenvalue weighted by Gasteiger charge is -2.62. The Morgan fingerprint density at radius 3 is 2.21 bits per heavy atom. The van der Waals surface area contributed by atoms with Crippen LogP contribution in [0.2, 0.25) is 0 Å². The van der Waals surface area contributed by atoms with Gasteiger partial charge in [0, 0.05) is 43.1 Å². The van der Waals surface area contributed by atoms with Crippen molar-refractivity contribution in [3.05, 3.63) is 35.6 Å². The number of hydrogen-bond acceptors (Lipinski definition) is 10. The third-order valence-corrected chi connectivity index (χ3v) is 10.1. The molecule has 11 heteroatoms. The first-order chi connectivity index (χ1) is 17.9. The van der Waals surface area contributed by atoms with Crippen molar-refractivity contribution in [1.29, 1.82) is 0 Å². The molecule has 2 saturated carbocycles. The Morgan fingerprint density at radius 2 is 1.67 bits per heavy atom. The molecule has 2 fully saturated rings. The number of fused-ring (bicyclic) bond motifs is 5. The number of esters is 3. The van der Waals surface area contributed by atoms with E-state index in [1.54, 1.807) is 32.9 Å². The summed E-state index contributed by atoms with van der Waals surface area (Å²) in [6, 6.07) is 0. The van der Waals surface area contributed by atoms with Crippen molar-refractivity contribution in [2.75, 3.05) is 0 Å². The summed E-state index contributed by atoms with van der Waals surface area (Å²) in [5, 5.41) is 23.9. The van der Waals surface area contributed by atoms with Gasteiger partial charge in [0.2, 0.25) is 5.78 Å². The second kappa shape index (κ2) is 9.38. The van der Waals surface area contributed by atoms with E-state index in [0.29, 0.717) is 5.57 Å². The molecule has 0 heterocycles. The van der Waals surface area contributed by atoms with Crippen LogP contribution in [0, 0.1) is 28.6 Å². The normalized spacial score (nSPS) is 40.5. The predicted octanol–water partition coefficient (Wildman–Crippen LogP) is 2.29. The van der Waals surface area contributed by atoms with Crippen LogP contribution in [0.4, 0.5) is 0 Å². The second-order valence-corrected chi connectivity index (χ2v) is 12.1. The van der Waals surface area contributed by atoms with Gasteiger partial charge in [-0.25, -0.2) is 0 Å². The zero-order valence-corrected chi connectivity index (χ0v) is 23.4. The van der Waals surface area contributed by atoms with Crippen LogP contribution in [0.15, 0.2) is 35.6 Å². The number of rotatable bonds is 5. The van der Waals surface area contributed by atoms with Crippen LogP contribution in [-0.4, -0.2) is 62.6 Å². The lowest BCUT2D eigenvalue weighted by Crippen LogP contribution is -2.69. The number of carbonyl (C=O) groups is 5. The van der Waals surface area contributed by atoms with Crippen LogP contribution in [0.3, 0.4) is 0 Å². The van der Waals surface area contributed by atoms with Crippen molar-refractivity contribution in [2.24, 2.45) is 28.6 Å². The number of halogens is 1. The highest BCUT2D eigenvalue weighted by Crippen LogP contribution is 2.71. The molecule has 0 spiro atoms. The fraction of sp³-hybridized carbons (Fsp3) is 0.607. The van der Waals surface area contributed by atoms with Gasteiger partial charge in [0.05, 0.1) is 11.0 Å². The van der Waals surface area contributed by atoms with Crippen molar-refractivity contribution in [1.82, 2.24) is 0 Å². The lowest BCUT2D eigenvalue weighted by molar-refractivity contribution is -0.211. The molecule has 0 aliphatic heterocycles. The SMILES string of the molecule is CC(=O)OC1=C[C@H]2[C@@H]3C[C@H](C)[C@](O)(C(=O)C(OC(C)=O)OC(C)=O)[C@@]3(C)C[C@H](O)[C@]2(Cl)[C@@]2(C)C=CC(=O)C=C12. The van der Waals surface area contributed by atoms with Crippen molar-refractivity contribution in [3.8, 4) is 0 Å². The maximum atomic E-state index is 13.8. The van der Waals surface area contributed by atoms with E-state index in [2.05, 4.69) is 0 Å². The molecule has 0 radical (unpaired) electrons. The molecule has 4 aliphatic rings. The number of allylic oxidation sites excluding steroid dienone is 5. The van der Waals surface area contributed by atoms with Crippen molar-refractivity contribution in [3.63, 3.8) is 0 Å². The van der Waals surface area contributed by atoms with Gasteiger partial charge in [-0.05, 0) is 42.9 Å². The Bertz CT molecular complexity index is 1230. The van der Waals surface area contributed by atoms with Crippen LogP contribution in [0.1, 0.15) is 54.4 Å². The molecule has 4 rings (SSSR count). The van der Waals surface area contributed by atoms with Gasteiger partial charge in [0.25, 0.3) is 0 Å². The van der Waals surface area contributed by atoms with Gasteiger partial charge < -0.3 is 24.4 Å². The number of hydrogen-bond donors (Lipinski definition) is 2. The summed E-state index contributed by atoms with van der Waals surface area (Å²) in [5.74, 6) is -5.65. The molecule has 0 aromatic rings. The van der Waals surface area contributed by atoms with E-state index in [4.69, 9.17) is 25.8 Å². The molecular formula is C28H33ClO10. The van der Waals surface area contributed by atoms with Crippen LogP contribution in [0.25, 0.3) is 0 Å². The molecule has 2 N–H and O–H groups in total. The minimum Gasteiger partial charge on any atom is -0.427 e. The van der Waals surface area contributed by atoms with Crippen LogP contribution in [0.5, 0.6) is 0 Å². The van der Waals surface area contributed by atoms with Crippen LogP contribution >= 0.6 is 11.6 Å². The number of ketones is 2. The Labute approximate surface area is 231 Å². The Hall–Kier alpha value is -2.82. The number of Topliss-reactive ketones (excluding diaryl/α,β-unsaturated/α-hetero) is 1. The van der Waals surface area contributed by atoms with Gasteiger partial charge in [0.1, 0.15) is 11.4 Å². The second-order valence-electron chi connectivity index (χ2n) is 11.5. The number of aliphatic hydroxyl groups excluding tert-OH is 1. The summed E-state index contributed by atoms with van der Waals surface area (Å²) in [7, 11) is 0. The lowest BCUT2D eigenvalue weighted by atomic mass is 9.47. The molecule has 39 heavy (non-hydrogen) atoms. The molecule has 212 valence electrons. The Kier molecular flexibility index (Phi) is 7.02. The number of carbonyl (C=O) groups excluding carboxylic acids is 5. The molecule has 10 nitrogen and oxygen atoms in total. The molecule has 4 aliphatic carbocycles. The highest BCUT2D eigenvalue weighted by Gasteiger charge is 2.75. The molecule has 0 amide bonds. The van der Waals surface area contributed by atoms with Gasteiger partial charge in [0.15, 0.2) is 5.78 Å². The monoisotopic (exact) mass is 564 g/mol.